The first kappa shape index (κ1) is 23.6. The maximum Gasteiger partial charge on any atom is 0.265 e. The van der Waals surface area contributed by atoms with Gasteiger partial charge >= 0.3 is 0 Å². The van der Waals surface area contributed by atoms with Crippen molar-refractivity contribution < 1.29 is 9.59 Å². The van der Waals surface area contributed by atoms with E-state index in [1.54, 1.807) is 0 Å². The Kier molecular flexibility index (Phi) is 6.13. The van der Waals surface area contributed by atoms with Crippen LogP contribution in [0.15, 0.2) is 36.4 Å². The number of hydrogen-bond donors (Lipinski definition) is 0. The molecule has 1 aliphatic heterocycles. The fraction of sp³-hybridized carbons (Fsp3) is 0.308. The highest BCUT2D eigenvalue weighted by Gasteiger charge is 2.37. The molecule has 3 heterocycles. The molecule has 1 fully saturated rings. The molecule has 176 valence electrons. The van der Waals surface area contributed by atoms with Crippen LogP contribution in [0, 0.1) is 13.8 Å². The van der Waals surface area contributed by atoms with E-state index < -0.39 is 0 Å². The van der Waals surface area contributed by atoms with E-state index in [0.29, 0.717) is 32.9 Å². The first-order chi connectivity index (χ1) is 16.2. The Labute approximate surface area is 216 Å². The number of carbonyl (C=O) groups excluding carboxylic acids is 2. The number of hydrogen-bond acceptors (Lipinski definition) is 4. The Balaban J connectivity index is 1.40. The molecule has 0 spiro atoms. The number of halogens is 2. The lowest BCUT2D eigenvalue weighted by Crippen LogP contribution is -2.59. The third kappa shape index (κ3) is 3.91. The van der Waals surface area contributed by atoms with Crippen LogP contribution in [-0.4, -0.2) is 46.8 Å². The topological polar surface area (TPSA) is 40.6 Å². The van der Waals surface area contributed by atoms with E-state index in [1.807, 2.05) is 61.8 Å². The third-order valence-electron chi connectivity index (χ3n) is 6.47. The van der Waals surface area contributed by atoms with Crippen LogP contribution in [-0.2, 0) is 0 Å². The van der Waals surface area contributed by atoms with Crippen LogP contribution in [0.25, 0.3) is 20.2 Å². The van der Waals surface area contributed by atoms with Gasteiger partial charge in [0, 0.05) is 45.3 Å². The minimum Gasteiger partial charge on any atom is -0.331 e. The highest BCUT2D eigenvalue weighted by Crippen LogP contribution is 2.39. The quantitative estimate of drug-likeness (QED) is 0.270. The smallest absolute Gasteiger partial charge is 0.265 e. The van der Waals surface area contributed by atoms with Crippen LogP contribution in [0.2, 0.25) is 10.0 Å². The molecule has 34 heavy (non-hydrogen) atoms. The molecule has 0 N–H and O–H groups in total. The molecule has 2 atom stereocenters. The average Bonchev–Trinajstić information content (AvgIpc) is 3.30. The van der Waals surface area contributed by atoms with Crippen molar-refractivity contribution in [2.45, 2.75) is 39.8 Å². The van der Waals surface area contributed by atoms with E-state index in [2.05, 4.69) is 12.1 Å². The van der Waals surface area contributed by atoms with Gasteiger partial charge in [0.05, 0.1) is 10.0 Å². The molecule has 0 aliphatic carbocycles. The summed E-state index contributed by atoms with van der Waals surface area (Å²) < 4.78 is 2.02. The van der Waals surface area contributed by atoms with E-state index in [4.69, 9.17) is 23.2 Å². The molecule has 0 unspecified atom stereocenters. The van der Waals surface area contributed by atoms with Gasteiger partial charge in [-0.15, -0.1) is 22.7 Å². The first-order valence-corrected chi connectivity index (χ1v) is 13.5. The molecule has 1 saturated heterocycles. The standard InChI is InChI=1S/C26H24Cl2N2O2S2/c1-13-5-7-17-19(9-13)33-23(21(17)27)25(31)29-11-16(4)30(12-15(29)3)26(32)24-22(28)18-8-6-14(2)10-20(18)34-24/h5-10,15-16H,11-12H2,1-4H3/t15-,16-/m0/s1. The van der Waals surface area contributed by atoms with Crippen molar-refractivity contribution in [3.63, 3.8) is 0 Å². The van der Waals surface area contributed by atoms with Crippen LogP contribution < -0.4 is 0 Å². The van der Waals surface area contributed by atoms with E-state index in [9.17, 15) is 9.59 Å². The van der Waals surface area contributed by atoms with Crippen LogP contribution >= 0.6 is 45.9 Å². The molecule has 0 bridgehead atoms. The zero-order valence-electron chi connectivity index (χ0n) is 19.3. The van der Waals surface area contributed by atoms with Crippen LogP contribution in [0.3, 0.4) is 0 Å². The second kappa shape index (κ2) is 8.83. The van der Waals surface area contributed by atoms with Gasteiger partial charge in [0.25, 0.3) is 11.8 Å². The monoisotopic (exact) mass is 530 g/mol. The van der Waals surface area contributed by atoms with Gasteiger partial charge in [-0.05, 0) is 51.0 Å². The lowest BCUT2D eigenvalue weighted by atomic mass is 10.1. The van der Waals surface area contributed by atoms with E-state index in [-0.39, 0.29) is 23.9 Å². The number of aryl methyl sites for hydroxylation is 2. The number of fused-ring (bicyclic) bond motifs is 2. The Morgan fingerprint density at radius 1 is 0.765 bits per heavy atom. The van der Waals surface area contributed by atoms with Crippen LogP contribution in [0.1, 0.15) is 44.3 Å². The molecule has 2 aromatic carbocycles. The number of nitrogens with zero attached hydrogens (tertiary/aromatic N) is 2. The molecular weight excluding hydrogens is 507 g/mol. The second-order valence-electron chi connectivity index (χ2n) is 9.10. The predicted molar refractivity (Wildman–Crippen MR) is 144 cm³/mol. The maximum absolute atomic E-state index is 13.5. The van der Waals surface area contributed by atoms with Crippen molar-refractivity contribution in [2.24, 2.45) is 0 Å². The molecule has 8 heteroatoms. The van der Waals surface area contributed by atoms with E-state index in [0.717, 1.165) is 31.3 Å². The van der Waals surface area contributed by atoms with Crippen molar-refractivity contribution in [3.05, 3.63) is 67.3 Å². The van der Waals surface area contributed by atoms with Gasteiger partial charge in [-0.2, -0.15) is 0 Å². The fourth-order valence-electron chi connectivity index (χ4n) is 4.57. The van der Waals surface area contributed by atoms with Gasteiger partial charge in [-0.1, -0.05) is 47.5 Å². The van der Waals surface area contributed by atoms with Crippen molar-refractivity contribution in [3.8, 4) is 0 Å². The van der Waals surface area contributed by atoms with Crippen LogP contribution in [0.5, 0.6) is 0 Å². The highest BCUT2D eigenvalue weighted by atomic mass is 35.5. The zero-order chi connectivity index (χ0) is 24.3. The first-order valence-electron chi connectivity index (χ1n) is 11.1. The Bertz CT molecular complexity index is 1350. The van der Waals surface area contributed by atoms with Crippen molar-refractivity contribution in [2.75, 3.05) is 13.1 Å². The number of carbonyl (C=O) groups is 2. The lowest BCUT2D eigenvalue weighted by molar-refractivity contribution is 0.0275. The Hall–Kier alpha value is -2.12. The summed E-state index contributed by atoms with van der Waals surface area (Å²) in [5.41, 5.74) is 2.27. The molecule has 4 aromatic rings. The van der Waals surface area contributed by atoms with Gasteiger partial charge in [0.1, 0.15) is 9.75 Å². The summed E-state index contributed by atoms with van der Waals surface area (Å²) in [6, 6.07) is 11.8. The minimum absolute atomic E-state index is 0.0781. The SMILES string of the molecule is Cc1ccc2c(Cl)c(C(=O)N3C[C@H](C)N(C(=O)c4sc5cc(C)ccc5c4Cl)C[C@@H]3C)sc2c1. The molecule has 1 aliphatic rings. The summed E-state index contributed by atoms with van der Waals surface area (Å²) in [7, 11) is 0. The number of benzene rings is 2. The summed E-state index contributed by atoms with van der Waals surface area (Å²) >= 11 is 16.1. The zero-order valence-corrected chi connectivity index (χ0v) is 22.5. The van der Waals surface area contributed by atoms with Crippen LogP contribution in [0.4, 0.5) is 0 Å². The van der Waals surface area contributed by atoms with Gasteiger partial charge in [-0.3, -0.25) is 9.59 Å². The average molecular weight is 532 g/mol. The number of thiophene rings is 2. The van der Waals surface area contributed by atoms with Gasteiger partial charge in [-0.25, -0.2) is 0 Å². The fourth-order valence-corrected chi connectivity index (χ4v) is 7.71. The third-order valence-corrected chi connectivity index (χ3v) is 9.76. The summed E-state index contributed by atoms with van der Waals surface area (Å²) in [4.78, 5) is 31.8. The molecule has 2 aromatic heterocycles. The summed E-state index contributed by atoms with van der Waals surface area (Å²) in [5, 5.41) is 2.83. The summed E-state index contributed by atoms with van der Waals surface area (Å²) in [5.74, 6) is -0.156. The predicted octanol–water partition coefficient (Wildman–Crippen LogP) is 7.41. The number of piperazine rings is 1. The molecule has 5 rings (SSSR count). The Morgan fingerprint density at radius 2 is 1.15 bits per heavy atom. The molecule has 4 nitrogen and oxygen atoms in total. The van der Waals surface area contributed by atoms with E-state index >= 15 is 0 Å². The summed E-state index contributed by atoms with van der Waals surface area (Å²) in [6.45, 7) is 8.89. The van der Waals surface area contributed by atoms with E-state index in [1.165, 1.54) is 22.7 Å². The normalized spacial score (nSPS) is 18.8. The lowest BCUT2D eigenvalue weighted by Gasteiger charge is -2.44. The molecule has 2 amide bonds. The maximum atomic E-state index is 13.5. The van der Waals surface area contributed by atoms with Gasteiger partial charge in [0.2, 0.25) is 0 Å². The largest absolute Gasteiger partial charge is 0.331 e. The van der Waals surface area contributed by atoms with Gasteiger partial charge in [0.15, 0.2) is 0 Å². The molecule has 0 radical (unpaired) electrons. The second-order valence-corrected chi connectivity index (χ2v) is 12.0. The highest BCUT2D eigenvalue weighted by molar-refractivity contribution is 7.22. The number of rotatable bonds is 2. The van der Waals surface area contributed by atoms with Crippen molar-refractivity contribution in [1.82, 2.24) is 9.80 Å². The minimum atomic E-state index is -0.147. The molecular formula is C26H24Cl2N2O2S2. The number of amides is 2. The molecule has 0 saturated carbocycles. The van der Waals surface area contributed by atoms with Crippen molar-refractivity contribution >= 4 is 77.9 Å². The Morgan fingerprint density at radius 3 is 1.53 bits per heavy atom. The van der Waals surface area contributed by atoms with Crippen molar-refractivity contribution in [1.29, 1.82) is 0 Å². The summed E-state index contributed by atoms with van der Waals surface area (Å²) in [6.07, 6.45) is 0. The van der Waals surface area contributed by atoms with Gasteiger partial charge < -0.3 is 9.80 Å².